The second kappa shape index (κ2) is 6.61. The van der Waals surface area contributed by atoms with Crippen LogP contribution >= 0.6 is 0 Å². The fourth-order valence-corrected chi connectivity index (χ4v) is 2.33. The predicted molar refractivity (Wildman–Crippen MR) is 75.3 cm³/mol. The van der Waals surface area contributed by atoms with Gasteiger partial charge in [-0.2, -0.15) is 5.10 Å². The average Bonchev–Trinajstić information content (AvgIpc) is 2.40. The Morgan fingerprint density at radius 2 is 2.11 bits per heavy atom. The fourth-order valence-electron chi connectivity index (χ4n) is 2.33. The number of nitrogens with one attached hydrogen (secondary N) is 1. The van der Waals surface area contributed by atoms with E-state index in [9.17, 15) is 4.79 Å². The molecule has 0 unspecified atom stereocenters. The van der Waals surface area contributed by atoms with Crippen LogP contribution in [0.2, 0.25) is 0 Å². The van der Waals surface area contributed by atoms with Crippen molar-refractivity contribution in [1.29, 1.82) is 0 Å². The SMILES string of the molecule is CC(=O)CCNc1ccc(C2CCN(C)CC2)nn1. The van der Waals surface area contributed by atoms with Crippen LogP contribution in [0, 0.1) is 0 Å². The summed E-state index contributed by atoms with van der Waals surface area (Å²) >= 11 is 0. The van der Waals surface area contributed by atoms with Crippen LogP contribution in [0.3, 0.4) is 0 Å². The number of aromatic nitrogens is 2. The van der Waals surface area contributed by atoms with Crippen molar-refractivity contribution >= 4 is 11.6 Å². The Balaban J connectivity index is 1.85. The van der Waals surface area contributed by atoms with Crippen molar-refractivity contribution in [1.82, 2.24) is 15.1 Å². The minimum absolute atomic E-state index is 0.184. The Hall–Kier alpha value is -1.49. The average molecular weight is 262 g/mol. The monoisotopic (exact) mass is 262 g/mol. The normalized spacial score (nSPS) is 17.4. The number of anilines is 1. The lowest BCUT2D eigenvalue weighted by Gasteiger charge is -2.28. The summed E-state index contributed by atoms with van der Waals surface area (Å²) in [5, 5.41) is 11.6. The maximum atomic E-state index is 10.8. The number of carbonyl (C=O) groups is 1. The van der Waals surface area contributed by atoms with E-state index in [0.717, 1.165) is 37.4 Å². The molecule has 0 amide bonds. The first-order chi connectivity index (χ1) is 9.15. The highest BCUT2D eigenvalue weighted by Crippen LogP contribution is 2.25. The minimum atomic E-state index is 0.184. The molecule has 2 rings (SSSR count). The summed E-state index contributed by atoms with van der Waals surface area (Å²) < 4.78 is 0. The summed E-state index contributed by atoms with van der Waals surface area (Å²) in [6, 6.07) is 4.01. The highest BCUT2D eigenvalue weighted by molar-refractivity contribution is 5.75. The second-order valence-corrected chi connectivity index (χ2v) is 5.30. The fraction of sp³-hybridized carbons (Fsp3) is 0.643. The van der Waals surface area contributed by atoms with Gasteiger partial charge in [0.05, 0.1) is 5.69 Å². The standard InChI is InChI=1S/C14H22N4O/c1-11(19)5-8-15-14-4-3-13(16-17-14)12-6-9-18(2)10-7-12/h3-4,12H,5-10H2,1-2H3,(H,15,17). The van der Waals surface area contributed by atoms with Crippen molar-refractivity contribution in [2.24, 2.45) is 0 Å². The maximum absolute atomic E-state index is 10.8. The Bertz CT molecular complexity index is 410. The number of hydrogen-bond acceptors (Lipinski definition) is 5. The Morgan fingerprint density at radius 3 is 2.68 bits per heavy atom. The minimum Gasteiger partial charge on any atom is -0.368 e. The molecule has 1 fully saturated rings. The lowest BCUT2D eigenvalue weighted by molar-refractivity contribution is -0.116. The van der Waals surface area contributed by atoms with E-state index in [1.54, 1.807) is 6.92 Å². The number of piperidine rings is 1. The van der Waals surface area contributed by atoms with Crippen molar-refractivity contribution in [3.8, 4) is 0 Å². The van der Waals surface area contributed by atoms with E-state index >= 15 is 0 Å². The molecule has 5 nitrogen and oxygen atoms in total. The zero-order chi connectivity index (χ0) is 13.7. The largest absolute Gasteiger partial charge is 0.368 e. The molecule has 1 aliphatic rings. The number of carbonyl (C=O) groups excluding carboxylic acids is 1. The van der Waals surface area contributed by atoms with Crippen LogP contribution in [0.5, 0.6) is 0 Å². The molecule has 1 saturated heterocycles. The zero-order valence-electron chi connectivity index (χ0n) is 11.7. The summed E-state index contributed by atoms with van der Waals surface area (Å²) in [5.41, 5.74) is 1.09. The summed E-state index contributed by atoms with van der Waals surface area (Å²) in [7, 11) is 2.16. The zero-order valence-corrected chi connectivity index (χ0v) is 11.7. The first-order valence-electron chi connectivity index (χ1n) is 6.90. The molecule has 0 spiro atoms. The first-order valence-corrected chi connectivity index (χ1v) is 6.90. The van der Waals surface area contributed by atoms with E-state index in [1.165, 1.54) is 0 Å². The van der Waals surface area contributed by atoms with Crippen LogP contribution in [0.4, 0.5) is 5.82 Å². The van der Waals surface area contributed by atoms with Crippen LogP contribution in [0.25, 0.3) is 0 Å². The van der Waals surface area contributed by atoms with E-state index < -0.39 is 0 Å². The van der Waals surface area contributed by atoms with E-state index in [-0.39, 0.29) is 5.78 Å². The van der Waals surface area contributed by atoms with E-state index in [1.807, 2.05) is 6.07 Å². The van der Waals surface area contributed by atoms with Crippen molar-refractivity contribution in [2.45, 2.75) is 32.1 Å². The summed E-state index contributed by atoms with van der Waals surface area (Å²) in [5.74, 6) is 1.47. The molecule has 1 aromatic heterocycles. The van der Waals surface area contributed by atoms with Gasteiger partial charge < -0.3 is 10.2 Å². The molecule has 1 aromatic rings. The molecule has 104 valence electrons. The van der Waals surface area contributed by atoms with Gasteiger partial charge in [-0.25, -0.2) is 0 Å². The van der Waals surface area contributed by atoms with Gasteiger partial charge in [-0.3, -0.25) is 4.79 Å². The van der Waals surface area contributed by atoms with Gasteiger partial charge in [0.25, 0.3) is 0 Å². The molecule has 1 aliphatic heterocycles. The number of Topliss-reactive ketones (excluding diaryl/α,β-unsaturated/α-hetero) is 1. The van der Waals surface area contributed by atoms with Crippen LogP contribution in [-0.4, -0.2) is 47.6 Å². The summed E-state index contributed by atoms with van der Waals surface area (Å²) in [6.45, 7) is 4.48. The van der Waals surface area contributed by atoms with Gasteiger partial charge >= 0.3 is 0 Å². The van der Waals surface area contributed by atoms with Crippen LogP contribution in [0.1, 0.15) is 37.8 Å². The molecule has 19 heavy (non-hydrogen) atoms. The lowest BCUT2D eigenvalue weighted by atomic mass is 9.94. The van der Waals surface area contributed by atoms with Gasteiger partial charge in [0.1, 0.15) is 11.6 Å². The van der Waals surface area contributed by atoms with E-state index in [4.69, 9.17) is 0 Å². The van der Waals surface area contributed by atoms with Crippen LogP contribution in [0.15, 0.2) is 12.1 Å². The number of rotatable bonds is 5. The maximum Gasteiger partial charge on any atom is 0.148 e. The van der Waals surface area contributed by atoms with Gasteiger partial charge in [0.2, 0.25) is 0 Å². The molecule has 0 bridgehead atoms. The third-order valence-corrected chi connectivity index (χ3v) is 3.61. The Labute approximate surface area is 114 Å². The number of hydrogen-bond donors (Lipinski definition) is 1. The topological polar surface area (TPSA) is 58.1 Å². The quantitative estimate of drug-likeness (QED) is 0.875. The first kappa shape index (κ1) is 13.9. The predicted octanol–water partition coefficient (Wildman–Crippen LogP) is 1.68. The van der Waals surface area contributed by atoms with Gasteiger partial charge in [0, 0.05) is 18.9 Å². The van der Waals surface area contributed by atoms with Crippen molar-refractivity contribution < 1.29 is 4.79 Å². The van der Waals surface area contributed by atoms with E-state index in [2.05, 4.69) is 33.5 Å². The van der Waals surface area contributed by atoms with E-state index in [0.29, 0.717) is 18.9 Å². The summed E-state index contributed by atoms with van der Waals surface area (Å²) in [6.07, 6.45) is 2.84. The molecule has 2 heterocycles. The van der Waals surface area contributed by atoms with Gasteiger partial charge in [-0.05, 0) is 52.0 Å². The molecule has 0 aromatic carbocycles. The highest BCUT2D eigenvalue weighted by Gasteiger charge is 2.19. The van der Waals surface area contributed by atoms with Crippen molar-refractivity contribution in [3.63, 3.8) is 0 Å². The highest BCUT2D eigenvalue weighted by atomic mass is 16.1. The van der Waals surface area contributed by atoms with Gasteiger partial charge in [-0.1, -0.05) is 0 Å². The third-order valence-electron chi connectivity index (χ3n) is 3.61. The smallest absolute Gasteiger partial charge is 0.148 e. The molecule has 0 saturated carbocycles. The van der Waals surface area contributed by atoms with Crippen LogP contribution < -0.4 is 5.32 Å². The number of ketones is 1. The lowest BCUT2D eigenvalue weighted by Crippen LogP contribution is -2.29. The molecule has 0 radical (unpaired) electrons. The van der Waals surface area contributed by atoms with Crippen LogP contribution in [-0.2, 0) is 4.79 Å². The van der Waals surface area contributed by atoms with Gasteiger partial charge in [0.15, 0.2) is 0 Å². The molecule has 1 N–H and O–H groups in total. The molecule has 5 heteroatoms. The third kappa shape index (κ3) is 4.28. The van der Waals surface area contributed by atoms with Crippen molar-refractivity contribution in [2.75, 3.05) is 32.0 Å². The summed E-state index contributed by atoms with van der Waals surface area (Å²) in [4.78, 5) is 13.2. The number of likely N-dealkylation sites (tertiary alicyclic amines) is 1. The second-order valence-electron chi connectivity index (χ2n) is 5.30. The molecular weight excluding hydrogens is 240 g/mol. The van der Waals surface area contributed by atoms with Crippen molar-refractivity contribution in [3.05, 3.63) is 17.8 Å². The molecule has 0 aliphatic carbocycles. The molecular formula is C14H22N4O. The molecule has 0 atom stereocenters. The Morgan fingerprint density at radius 1 is 1.37 bits per heavy atom. The van der Waals surface area contributed by atoms with Gasteiger partial charge in [-0.15, -0.1) is 5.10 Å². The number of nitrogens with zero attached hydrogens (tertiary/aromatic N) is 3. The Kier molecular flexibility index (Phi) is 4.85.